The maximum absolute atomic E-state index is 12.3. The summed E-state index contributed by atoms with van der Waals surface area (Å²) in [5.74, 6) is 0.848. The van der Waals surface area contributed by atoms with Crippen LogP contribution in [0.4, 0.5) is 0 Å². The molecule has 1 aromatic carbocycles. The minimum Gasteiger partial charge on any atom is -0.342 e. The third-order valence-electron chi connectivity index (χ3n) is 3.63. The number of rotatable bonds is 4. The molecule has 5 nitrogen and oxygen atoms in total. The molecule has 0 radical (unpaired) electrons. The van der Waals surface area contributed by atoms with Crippen LogP contribution in [0.15, 0.2) is 29.4 Å². The van der Waals surface area contributed by atoms with Gasteiger partial charge in [-0.15, -0.1) is 5.10 Å². The highest BCUT2D eigenvalue weighted by atomic mass is 35.5. The van der Waals surface area contributed by atoms with E-state index in [1.807, 2.05) is 36.1 Å². The van der Waals surface area contributed by atoms with Crippen LogP contribution in [0.2, 0.25) is 5.02 Å². The van der Waals surface area contributed by atoms with Crippen LogP contribution in [0, 0.1) is 0 Å². The molecule has 1 aliphatic heterocycles. The van der Waals surface area contributed by atoms with Crippen LogP contribution in [-0.4, -0.2) is 44.3 Å². The van der Waals surface area contributed by atoms with Crippen LogP contribution >= 0.6 is 23.4 Å². The van der Waals surface area contributed by atoms with Crippen LogP contribution in [0.5, 0.6) is 0 Å². The summed E-state index contributed by atoms with van der Waals surface area (Å²) in [6.45, 7) is 3.64. The molecule has 1 saturated heterocycles. The molecule has 1 fully saturated rings. The largest absolute Gasteiger partial charge is 0.342 e. The number of carbonyl (C=O) groups excluding carboxylic acids is 1. The van der Waals surface area contributed by atoms with Gasteiger partial charge in [0.2, 0.25) is 11.1 Å². The lowest BCUT2D eigenvalue weighted by Crippen LogP contribution is -2.34. The number of aromatic amines is 1. The van der Waals surface area contributed by atoms with Gasteiger partial charge in [0.25, 0.3) is 0 Å². The molecule has 2 aromatic rings. The molecule has 1 aromatic heterocycles. The Kier molecular flexibility index (Phi) is 4.69. The molecule has 7 heteroatoms. The number of aromatic nitrogens is 3. The van der Waals surface area contributed by atoms with Crippen molar-refractivity contribution in [3.63, 3.8) is 0 Å². The number of benzene rings is 1. The van der Waals surface area contributed by atoms with Gasteiger partial charge in [-0.05, 0) is 44.0 Å². The molecule has 1 aliphatic rings. The van der Waals surface area contributed by atoms with E-state index in [2.05, 4.69) is 15.2 Å². The molecule has 1 N–H and O–H groups in total. The molecule has 3 rings (SSSR count). The third-order valence-corrected chi connectivity index (χ3v) is 4.83. The SMILES string of the molecule is C[C@H](Sc1n[nH]c(-c2ccc(Cl)cc2)n1)C(=O)N1CCCC1. The lowest BCUT2D eigenvalue weighted by Gasteiger charge is -2.18. The molecule has 1 amide bonds. The highest BCUT2D eigenvalue weighted by Gasteiger charge is 2.25. The minimum atomic E-state index is -0.174. The zero-order chi connectivity index (χ0) is 15.5. The van der Waals surface area contributed by atoms with E-state index in [0.717, 1.165) is 31.5 Å². The van der Waals surface area contributed by atoms with Crippen molar-refractivity contribution < 1.29 is 4.79 Å². The van der Waals surface area contributed by atoms with Gasteiger partial charge in [0.15, 0.2) is 5.82 Å². The number of hydrogen-bond acceptors (Lipinski definition) is 4. The van der Waals surface area contributed by atoms with Crippen molar-refractivity contribution in [3.05, 3.63) is 29.3 Å². The van der Waals surface area contributed by atoms with Gasteiger partial charge >= 0.3 is 0 Å². The van der Waals surface area contributed by atoms with Gasteiger partial charge in [0, 0.05) is 23.7 Å². The fraction of sp³-hybridized carbons (Fsp3) is 0.400. The number of thioether (sulfide) groups is 1. The number of carbonyl (C=O) groups is 1. The molecule has 22 heavy (non-hydrogen) atoms. The van der Waals surface area contributed by atoms with Crippen molar-refractivity contribution in [1.82, 2.24) is 20.1 Å². The predicted octanol–water partition coefficient (Wildman–Crippen LogP) is 3.23. The highest BCUT2D eigenvalue weighted by molar-refractivity contribution is 8.00. The van der Waals surface area contributed by atoms with E-state index in [1.54, 1.807) is 0 Å². The van der Waals surface area contributed by atoms with Gasteiger partial charge in [0.1, 0.15) is 0 Å². The number of nitrogens with one attached hydrogen (secondary N) is 1. The van der Waals surface area contributed by atoms with Crippen molar-refractivity contribution in [2.24, 2.45) is 0 Å². The average molecular weight is 337 g/mol. The quantitative estimate of drug-likeness (QED) is 0.871. The Bertz CT molecular complexity index is 652. The summed E-state index contributed by atoms with van der Waals surface area (Å²) in [6.07, 6.45) is 2.20. The van der Waals surface area contributed by atoms with E-state index in [-0.39, 0.29) is 11.2 Å². The Labute approximate surface area is 138 Å². The summed E-state index contributed by atoms with van der Waals surface area (Å²) in [5, 5.41) is 8.19. The second-order valence-corrected chi connectivity index (χ2v) is 7.01. The first-order valence-corrected chi connectivity index (χ1v) is 8.53. The van der Waals surface area contributed by atoms with Crippen molar-refractivity contribution in [2.75, 3.05) is 13.1 Å². The smallest absolute Gasteiger partial charge is 0.235 e. The van der Waals surface area contributed by atoms with Gasteiger partial charge in [-0.2, -0.15) is 0 Å². The predicted molar refractivity (Wildman–Crippen MR) is 88.0 cm³/mol. The normalized spacial score (nSPS) is 16.0. The van der Waals surface area contributed by atoms with Crippen LogP contribution in [0.25, 0.3) is 11.4 Å². The summed E-state index contributed by atoms with van der Waals surface area (Å²) in [5.41, 5.74) is 0.919. The van der Waals surface area contributed by atoms with E-state index < -0.39 is 0 Å². The van der Waals surface area contributed by atoms with Gasteiger partial charge in [-0.3, -0.25) is 9.89 Å². The molecule has 116 valence electrons. The van der Waals surface area contributed by atoms with Crippen LogP contribution in [0.1, 0.15) is 19.8 Å². The summed E-state index contributed by atoms with van der Waals surface area (Å²) < 4.78 is 0. The summed E-state index contributed by atoms with van der Waals surface area (Å²) in [4.78, 5) is 18.7. The molecule has 2 heterocycles. The maximum atomic E-state index is 12.3. The molecule has 1 atom stereocenters. The number of hydrogen-bond donors (Lipinski definition) is 1. The Hall–Kier alpha value is -1.53. The van der Waals surface area contributed by atoms with E-state index in [4.69, 9.17) is 11.6 Å². The third kappa shape index (κ3) is 3.44. The van der Waals surface area contributed by atoms with Gasteiger partial charge < -0.3 is 4.90 Å². The summed E-state index contributed by atoms with van der Waals surface area (Å²) >= 11 is 7.26. The molecule has 0 spiro atoms. The van der Waals surface area contributed by atoms with Crippen molar-refractivity contribution >= 4 is 29.3 Å². The Balaban J connectivity index is 1.66. The molecule has 0 unspecified atom stereocenters. The van der Waals surface area contributed by atoms with Crippen LogP contribution in [-0.2, 0) is 4.79 Å². The summed E-state index contributed by atoms with van der Waals surface area (Å²) in [6, 6.07) is 7.39. The molecular formula is C15H17ClN4OS. The maximum Gasteiger partial charge on any atom is 0.235 e. The first kappa shape index (κ1) is 15.4. The van der Waals surface area contributed by atoms with Gasteiger partial charge in [0.05, 0.1) is 5.25 Å². The lowest BCUT2D eigenvalue weighted by molar-refractivity contribution is -0.129. The summed E-state index contributed by atoms with van der Waals surface area (Å²) in [7, 11) is 0. The highest BCUT2D eigenvalue weighted by Crippen LogP contribution is 2.25. The second-order valence-electron chi connectivity index (χ2n) is 5.27. The Morgan fingerprint density at radius 2 is 2.00 bits per heavy atom. The second kappa shape index (κ2) is 6.71. The van der Waals surface area contributed by atoms with Gasteiger partial charge in [-0.25, -0.2) is 4.98 Å². The first-order chi connectivity index (χ1) is 10.6. The van der Waals surface area contributed by atoms with Gasteiger partial charge in [-0.1, -0.05) is 23.4 Å². The number of H-pyrrole nitrogens is 1. The zero-order valence-corrected chi connectivity index (χ0v) is 13.8. The fourth-order valence-corrected chi connectivity index (χ4v) is 3.37. The monoisotopic (exact) mass is 336 g/mol. The van der Waals surface area contributed by atoms with E-state index in [1.165, 1.54) is 11.8 Å². The number of likely N-dealkylation sites (tertiary alicyclic amines) is 1. The average Bonchev–Trinajstić information content (AvgIpc) is 3.18. The fourth-order valence-electron chi connectivity index (χ4n) is 2.44. The van der Waals surface area contributed by atoms with Crippen molar-refractivity contribution in [2.45, 2.75) is 30.2 Å². The molecule has 0 bridgehead atoms. The van der Waals surface area contributed by atoms with E-state index in [0.29, 0.717) is 16.0 Å². The van der Waals surface area contributed by atoms with Crippen molar-refractivity contribution in [1.29, 1.82) is 0 Å². The van der Waals surface area contributed by atoms with E-state index >= 15 is 0 Å². The molecule has 0 saturated carbocycles. The number of halogens is 1. The van der Waals surface area contributed by atoms with E-state index in [9.17, 15) is 4.79 Å². The zero-order valence-electron chi connectivity index (χ0n) is 12.3. The van der Waals surface area contributed by atoms with Crippen LogP contribution < -0.4 is 0 Å². The Morgan fingerprint density at radius 1 is 1.32 bits per heavy atom. The topological polar surface area (TPSA) is 61.9 Å². The minimum absolute atomic E-state index is 0.167. The van der Waals surface area contributed by atoms with Crippen LogP contribution in [0.3, 0.4) is 0 Å². The number of nitrogens with zero attached hydrogens (tertiary/aromatic N) is 3. The Morgan fingerprint density at radius 3 is 2.68 bits per heavy atom. The first-order valence-electron chi connectivity index (χ1n) is 7.27. The van der Waals surface area contributed by atoms with Crippen molar-refractivity contribution in [3.8, 4) is 11.4 Å². The standard InChI is InChI=1S/C15H17ClN4OS/c1-10(14(21)20-8-2-3-9-20)22-15-17-13(18-19-15)11-4-6-12(16)7-5-11/h4-7,10H,2-3,8-9H2,1H3,(H,17,18,19)/t10-/m0/s1. The molecule has 0 aliphatic carbocycles. The molecular weight excluding hydrogens is 320 g/mol. The lowest BCUT2D eigenvalue weighted by atomic mass is 10.2. The number of amides is 1.